The Morgan fingerprint density at radius 3 is 2.95 bits per heavy atom. The number of carbonyl (C=O) groups is 1. The van der Waals surface area contributed by atoms with E-state index in [9.17, 15) is 9.90 Å². The highest BCUT2D eigenvalue weighted by atomic mass is 16.3. The smallest absolute Gasteiger partial charge is 0.254 e. The predicted molar refractivity (Wildman–Crippen MR) is 76.3 cm³/mol. The molecule has 4 heteroatoms. The molecular weight excluding hydrogens is 254 g/mol. The zero-order valence-electron chi connectivity index (χ0n) is 11.6. The van der Waals surface area contributed by atoms with Crippen LogP contribution in [0.3, 0.4) is 0 Å². The largest absolute Gasteiger partial charge is 0.395 e. The fourth-order valence-electron chi connectivity index (χ4n) is 2.25. The minimum Gasteiger partial charge on any atom is -0.395 e. The number of aryl methyl sites for hydroxylation is 1. The van der Waals surface area contributed by atoms with Gasteiger partial charge in [0.1, 0.15) is 0 Å². The molecule has 2 N–H and O–H groups in total. The number of nitrogens with zero attached hydrogens (tertiary/aromatic N) is 1. The van der Waals surface area contributed by atoms with Crippen LogP contribution >= 0.6 is 0 Å². The van der Waals surface area contributed by atoms with Crippen LogP contribution in [-0.2, 0) is 0 Å². The van der Waals surface area contributed by atoms with Crippen LogP contribution in [0.25, 0.3) is 0 Å². The van der Waals surface area contributed by atoms with Gasteiger partial charge in [-0.15, -0.1) is 0 Å². The fraction of sp³-hybridized carbons (Fsp3) is 0.438. The van der Waals surface area contributed by atoms with Crippen molar-refractivity contribution in [3.8, 4) is 11.8 Å². The van der Waals surface area contributed by atoms with Gasteiger partial charge in [0.05, 0.1) is 12.7 Å². The van der Waals surface area contributed by atoms with Crippen molar-refractivity contribution in [1.82, 2.24) is 4.90 Å². The number of hydrogen-bond donors (Lipinski definition) is 2. The van der Waals surface area contributed by atoms with Gasteiger partial charge in [0.2, 0.25) is 0 Å². The standard InChI is InChI=1S/C16H19NO3/c1-12-5-6-13(4-2-3-9-18)10-15(12)16(20)17-8-7-14(19)11-17/h5-6,10,14,18-19H,3,7-9,11H2,1H3. The summed E-state index contributed by atoms with van der Waals surface area (Å²) in [5, 5.41) is 18.2. The summed E-state index contributed by atoms with van der Waals surface area (Å²) in [6.07, 6.45) is 0.655. The molecule has 106 valence electrons. The SMILES string of the molecule is Cc1ccc(C#CCCO)cc1C(=O)N1CCC(O)C1. The van der Waals surface area contributed by atoms with E-state index in [2.05, 4.69) is 11.8 Å². The number of aliphatic hydroxyl groups is 2. The van der Waals surface area contributed by atoms with Crippen molar-refractivity contribution >= 4 is 5.91 Å². The minimum atomic E-state index is -0.410. The second-order valence-electron chi connectivity index (χ2n) is 5.00. The molecule has 1 aromatic carbocycles. The van der Waals surface area contributed by atoms with E-state index in [0.29, 0.717) is 31.5 Å². The molecular formula is C16H19NO3. The summed E-state index contributed by atoms with van der Waals surface area (Å²) in [6, 6.07) is 5.53. The van der Waals surface area contributed by atoms with Gasteiger partial charge in [-0.25, -0.2) is 0 Å². The second kappa shape index (κ2) is 6.56. The number of hydrogen-bond acceptors (Lipinski definition) is 3. The molecule has 1 saturated heterocycles. The molecule has 4 nitrogen and oxygen atoms in total. The lowest BCUT2D eigenvalue weighted by molar-refractivity contribution is 0.0764. The van der Waals surface area contributed by atoms with Crippen LogP contribution in [0.2, 0.25) is 0 Å². The van der Waals surface area contributed by atoms with Gasteiger partial charge in [0.15, 0.2) is 0 Å². The van der Waals surface area contributed by atoms with Gasteiger partial charge < -0.3 is 15.1 Å². The molecule has 1 heterocycles. The Balaban J connectivity index is 2.20. The number of β-amino-alcohol motifs (C(OH)–C–C–N with tert-alkyl or cyclic N) is 1. The van der Waals surface area contributed by atoms with Gasteiger partial charge in [-0.05, 0) is 31.0 Å². The van der Waals surface area contributed by atoms with Gasteiger partial charge in [-0.1, -0.05) is 17.9 Å². The molecule has 1 aliphatic rings. The molecule has 1 fully saturated rings. The van der Waals surface area contributed by atoms with Crippen molar-refractivity contribution in [2.24, 2.45) is 0 Å². The van der Waals surface area contributed by atoms with Gasteiger partial charge >= 0.3 is 0 Å². The average molecular weight is 273 g/mol. The first-order chi connectivity index (χ1) is 9.61. The Kier molecular flexibility index (Phi) is 4.78. The van der Waals surface area contributed by atoms with Crippen LogP contribution in [0.15, 0.2) is 18.2 Å². The molecule has 1 atom stereocenters. The highest BCUT2D eigenvalue weighted by Gasteiger charge is 2.26. The molecule has 20 heavy (non-hydrogen) atoms. The third-order valence-electron chi connectivity index (χ3n) is 3.39. The Bertz CT molecular complexity index is 557. The van der Waals surface area contributed by atoms with Crippen molar-refractivity contribution in [2.75, 3.05) is 19.7 Å². The normalized spacial score (nSPS) is 17.8. The molecule has 1 amide bonds. The van der Waals surface area contributed by atoms with Crippen LogP contribution in [-0.4, -0.2) is 46.8 Å². The van der Waals surface area contributed by atoms with E-state index >= 15 is 0 Å². The highest BCUT2D eigenvalue weighted by Crippen LogP contribution is 2.17. The van der Waals surface area contributed by atoms with Gasteiger partial charge in [0, 0.05) is 30.6 Å². The van der Waals surface area contributed by atoms with Gasteiger partial charge in [0.25, 0.3) is 5.91 Å². The Morgan fingerprint density at radius 2 is 2.30 bits per heavy atom. The first-order valence-corrected chi connectivity index (χ1v) is 6.79. The maximum atomic E-state index is 12.4. The van der Waals surface area contributed by atoms with Crippen LogP contribution in [0.1, 0.15) is 34.3 Å². The summed E-state index contributed by atoms with van der Waals surface area (Å²) < 4.78 is 0. The van der Waals surface area contributed by atoms with E-state index < -0.39 is 6.10 Å². The number of aliphatic hydroxyl groups excluding tert-OH is 2. The van der Waals surface area contributed by atoms with E-state index in [1.165, 1.54) is 0 Å². The second-order valence-corrected chi connectivity index (χ2v) is 5.00. The zero-order valence-corrected chi connectivity index (χ0v) is 11.6. The summed E-state index contributed by atoms with van der Waals surface area (Å²) in [5.74, 6) is 5.73. The number of rotatable bonds is 2. The average Bonchev–Trinajstić information content (AvgIpc) is 2.87. The summed E-state index contributed by atoms with van der Waals surface area (Å²) in [6.45, 7) is 2.93. The number of likely N-dealkylation sites (tertiary alicyclic amines) is 1. The fourth-order valence-corrected chi connectivity index (χ4v) is 2.25. The summed E-state index contributed by atoms with van der Waals surface area (Å²) in [7, 11) is 0. The summed E-state index contributed by atoms with van der Waals surface area (Å²) in [5.41, 5.74) is 2.31. The highest BCUT2D eigenvalue weighted by molar-refractivity contribution is 5.96. The van der Waals surface area contributed by atoms with E-state index in [1.54, 1.807) is 11.0 Å². The first kappa shape index (κ1) is 14.6. The Hall–Kier alpha value is -1.83. The molecule has 0 aromatic heterocycles. The molecule has 1 aliphatic heterocycles. The number of carbonyl (C=O) groups excluding carboxylic acids is 1. The summed E-state index contributed by atoms with van der Waals surface area (Å²) in [4.78, 5) is 14.1. The maximum absolute atomic E-state index is 12.4. The maximum Gasteiger partial charge on any atom is 0.254 e. The number of amides is 1. The van der Waals surface area contributed by atoms with Crippen molar-refractivity contribution < 1.29 is 15.0 Å². The van der Waals surface area contributed by atoms with Crippen molar-refractivity contribution in [2.45, 2.75) is 25.9 Å². The quantitative estimate of drug-likeness (QED) is 0.788. The summed E-state index contributed by atoms with van der Waals surface area (Å²) >= 11 is 0. The van der Waals surface area contributed by atoms with Crippen LogP contribution < -0.4 is 0 Å². The third kappa shape index (κ3) is 3.38. The van der Waals surface area contributed by atoms with Crippen LogP contribution in [0.4, 0.5) is 0 Å². The molecule has 0 bridgehead atoms. The molecule has 0 saturated carbocycles. The number of benzene rings is 1. The van der Waals surface area contributed by atoms with Crippen molar-refractivity contribution in [1.29, 1.82) is 0 Å². The van der Waals surface area contributed by atoms with Crippen molar-refractivity contribution in [3.05, 3.63) is 34.9 Å². The minimum absolute atomic E-state index is 0.0380. The third-order valence-corrected chi connectivity index (χ3v) is 3.39. The van der Waals surface area contributed by atoms with Gasteiger partial charge in [-0.2, -0.15) is 0 Å². The lowest BCUT2D eigenvalue weighted by atomic mass is 10.0. The van der Waals surface area contributed by atoms with Gasteiger partial charge in [-0.3, -0.25) is 4.79 Å². The zero-order chi connectivity index (χ0) is 14.5. The van der Waals surface area contributed by atoms with E-state index in [1.807, 2.05) is 19.1 Å². The molecule has 1 aromatic rings. The molecule has 0 radical (unpaired) electrons. The monoisotopic (exact) mass is 273 g/mol. The van der Waals surface area contributed by atoms with E-state index in [0.717, 1.165) is 11.1 Å². The van der Waals surface area contributed by atoms with Crippen LogP contribution in [0, 0.1) is 18.8 Å². The molecule has 0 spiro atoms. The first-order valence-electron chi connectivity index (χ1n) is 6.79. The van der Waals surface area contributed by atoms with Crippen LogP contribution in [0.5, 0.6) is 0 Å². The predicted octanol–water partition coefficient (Wildman–Crippen LogP) is 0.936. The topological polar surface area (TPSA) is 60.8 Å². The van der Waals surface area contributed by atoms with E-state index in [4.69, 9.17) is 5.11 Å². The molecule has 0 aliphatic carbocycles. The molecule has 2 rings (SSSR count). The molecule has 1 unspecified atom stereocenters. The van der Waals surface area contributed by atoms with Crippen molar-refractivity contribution in [3.63, 3.8) is 0 Å². The lowest BCUT2D eigenvalue weighted by Gasteiger charge is -2.17. The lowest BCUT2D eigenvalue weighted by Crippen LogP contribution is -2.30. The Labute approximate surface area is 119 Å². The van der Waals surface area contributed by atoms with E-state index in [-0.39, 0.29) is 12.5 Å². The Morgan fingerprint density at radius 1 is 1.50 bits per heavy atom.